The number of nitrogens with zero attached hydrogens (tertiary/aromatic N) is 1. The molecule has 0 spiro atoms. The summed E-state index contributed by atoms with van der Waals surface area (Å²) >= 11 is 0. The molecule has 1 aliphatic heterocycles. The average Bonchev–Trinajstić information content (AvgIpc) is 2.55. The van der Waals surface area contributed by atoms with E-state index >= 15 is 0 Å². The number of aliphatic hydroxyl groups is 1. The predicted molar refractivity (Wildman–Crippen MR) is 91.9 cm³/mol. The Bertz CT molecular complexity index is 496. The fourth-order valence-corrected chi connectivity index (χ4v) is 3.11. The van der Waals surface area contributed by atoms with Crippen molar-refractivity contribution in [3.05, 3.63) is 35.9 Å². The SMILES string of the molecule is CC(C)N1CCC(N)(C(=O)N[C@H](CCO)c2ccccc2)CC1. The van der Waals surface area contributed by atoms with Gasteiger partial charge >= 0.3 is 0 Å². The fraction of sp³-hybridized carbons (Fsp3) is 0.611. The van der Waals surface area contributed by atoms with Crippen molar-refractivity contribution in [3.8, 4) is 0 Å². The predicted octanol–water partition coefficient (Wildman–Crippen LogP) is 1.43. The van der Waals surface area contributed by atoms with Crippen molar-refractivity contribution in [1.29, 1.82) is 0 Å². The lowest BCUT2D eigenvalue weighted by Gasteiger charge is -2.40. The fourth-order valence-electron chi connectivity index (χ4n) is 3.11. The van der Waals surface area contributed by atoms with Gasteiger partial charge in [0.15, 0.2) is 0 Å². The van der Waals surface area contributed by atoms with Crippen molar-refractivity contribution in [3.63, 3.8) is 0 Å². The van der Waals surface area contributed by atoms with Gasteiger partial charge < -0.3 is 21.1 Å². The van der Waals surface area contributed by atoms with Crippen LogP contribution in [0, 0.1) is 0 Å². The molecule has 1 heterocycles. The second kappa shape index (κ2) is 7.90. The van der Waals surface area contributed by atoms with Crippen LogP contribution in [0.4, 0.5) is 0 Å². The lowest BCUT2D eigenvalue weighted by atomic mass is 9.86. The van der Waals surface area contributed by atoms with Gasteiger partial charge in [0.25, 0.3) is 0 Å². The maximum absolute atomic E-state index is 12.7. The van der Waals surface area contributed by atoms with Crippen LogP contribution in [0.15, 0.2) is 30.3 Å². The molecule has 1 fully saturated rings. The zero-order valence-electron chi connectivity index (χ0n) is 14.2. The van der Waals surface area contributed by atoms with Gasteiger partial charge in [-0.2, -0.15) is 0 Å². The zero-order chi connectivity index (χ0) is 16.9. The van der Waals surface area contributed by atoms with Gasteiger partial charge in [-0.1, -0.05) is 30.3 Å². The van der Waals surface area contributed by atoms with Crippen molar-refractivity contribution in [1.82, 2.24) is 10.2 Å². The summed E-state index contributed by atoms with van der Waals surface area (Å²) in [5, 5.41) is 12.3. The lowest BCUT2D eigenvalue weighted by Crippen LogP contribution is -2.60. The summed E-state index contributed by atoms with van der Waals surface area (Å²) in [4.78, 5) is 15.1. The molecule has 1 aromatic rings. The van der Waals surface area contributed by atoms with E-state index in [2.05, 4.69) is 24.1 Å². The number of carbonyl (C=O) groups is 1. The van der Waals surface area contributed by atoms with Crippen LogP contribution in [-0.4, -0.2) is 47.2 Å². The third-order valence-corrected chi connectivity index (χ3v) is 4.80. The number of nitrogens with two attached hydrogens (primary N) is 1. The van der Waals surface area contributed by atoms with Crippen LogP contribution in [0.2, 0.25) is 0 Å². The molecule has 1 aromatic carbocycles. The van der Waals surface area contributed by atoms with Crippen molar-refractivity contribution in [2.24, 2.45) is 5.73 Å². The van der Waals surface area contributed by atoms with E-state index in [1.165, 1.54) is 0 Å². The summed E-state index contributed by atoms with van der Waals surface area (Å²) in [6.45, 7) is 6.04. The molecule has 5 heteroatoms. The minimum atomic E-state index is -0.812. The Labute approximate surface area is 138 Å². The highest BCUT2D eigenvalue weighted by molar-refractivity contribution is 5.86. The van der Waals surface area contributed by atoms with Crippen LogP contribution in [0.1, 0.15) is 44.7 Å². The maximum atomic E-state index is 12.7. The molecule has 0 unspecified atom stereocenters. The van der Waals surface area contributed by atoms with Gasteiger partial charge in [-0.15, -0.1) is 0 Å². The molecule has 23 heavy (non-hydrogen) atoms. The summed E-state index contributed by atoms with van der Waals surface area (Å²) in [5.74, 6) is -0.108. The highest BCUT2D eigenvalue weighted by Crippen LogP contribution is 2.24. The second-order valence-electron chi connectivity index (χ2n) is 6.73. The van der Waals surface area contributed by atoms with Gasteiger partial charge in [0.1, 0.15) is 0 Å². The highest BCUT2D eigenvalue weighted by atomic mass is 16.3. The number of hydrogen-bond acceptors (Lipinski definition) is 4. The Kier molecular flexibility index (Phi) is 6.16. The van der Waals surface area contributed by atoms with Crippen LogP contribution in [0.3, 0.4) is 0 Å². The first-order chi connectivity index (χ1) is 11.0. The lowest BCUT2D eigenvalue weighted by molar-refractivity contribution is -0.129. The standard InChI is InChI=1S/C18H29N3O2/c1-14(2)21-11-9-18(19,10-12-21)17(23)20-16(8-13-22)15-6-4-3-5-7-15/h3-7,14,16,22H,8-13,19H2,1-2H3,(H,20,23)/t16-/m1/s1. The van der Waals surface area contributed by atoms with Crippen molar-refractivity contribution < 1.29 is 9.90 Å². The first-order valence-electron chi connectivity index (χ1n) is 8.46. The largest absolute Gasteiger partial charge is 0.396 e. The number of piperidine rings is 1. The molecule has 0 radical (unpaired) electrons. The van der Waals surface area contributed by atoms with E-state index in [0.29, 0.717) is 25.3 Å². The minimum Gasteiger partial charge on any atom is -0.396 e. The molecule has 1 atom stereocenters. The van der Waals surface area contributed by atoms with Gasteiger partial charge in [-0.25, -0.2) is 0 Å². The zero-order valence-corrected chi connectivity index (χ0v) is 14.2. The molecule has 128 valence electrons. The van der Waals surface area contributed by atoms with Crippen LogP contribution in [0.5, 0.6) is 0 Å². The number of carbonyl (C=O) groups excluding carboxylic acids is 1. The van der Waals surface area contributed by atoms with Gasteiger partial charge in [-0.05, 0) is 38.7 Å². The average molecular weight is 319 g/mol. The molecule has 0 bridgehead atoms. The number of nitrogens with one attached hydrogen (secondary N) is 1. The summed E-state index contributed by atoms with van der Waals surface area (Å²) in [6.07, 6.45) is 1.82. The Hall–Kier alpha value is -1.43. The van der Waals surface area contributed by atoms with E-state index in [9.17, 15) is 9.90 Å². The summed E-state index contributed by atoms with van der Waals surface area (Å²) in [6, 6.07) is 10.0. The third kappa shape index (κ3) is 4.53. The molecule has 1 saturated heterocycles. The molecule has 0 aromatic heterocycles. The molecule has 2 rings (SSSR count). The van der Waals surface area contributed by atoms with E-state index in [0.717, 1.165) is 18.7 Å². The molecule has 0 aliphatic carbocycles. The Morgan fingerprint density at radius 1 is 1.30 bits per heavy atom. The quantitative estimate of drug-likeness (QED) is 0.741. The second-order valence-corrected chi connectivity index (χ2v) is 6.73. The van der Waals surface area contributed by atoms with Crippen molar-refractivity contribution in [2.45, 2.75) is 50.7 Å². The molecule has 5 nitrogen and oxygen atoms in total. The Balaban J connectivity index is 2.01. The smallest absolute Gasteiger partial charge is 0.240 e. The number of aliphatic hydroxyl groups excluding tert-OH is 1. The number of amides is 1. The molecular weight excluding hydrogens is 290 g/mol. The number of rotatable bonds is 6. The van der Waals surface area contributed by atoms with Crippen LogP contribution < -0.4 is 11.1 Å². The van der Waals surface area contributed by atoms with Gasteiger partial charge in [0, 0.05) is 25.7 Å². The molecule has 0 saturated carbocycles. The van der Waals surface area contributed by atoms with Crippen molar-refractivity contribution >= 4 is 5.91 Å². The number of hydrogen-bond donors (Lipinski definition) is 3. The van der Waals surface area contributed by atoms with E-state index in [1.54, 1.807) is 0 Å². The monoisotopic (exact) mass is 319 g/mol. The van der Waals surface area contributed by atoms with Crippen LogP contribution in [0.25, 0.3) is 0 Å². The maximum Gasteiger partial charge on any atom is 0.240 e. The topological polar surface area (TPSA) is 78.6 Å². The Morgan fingerprint density at radius 2 is 1.91 bits per heavy atom. The van der Waals surface area contributed by atoms with E-state index < -0.39 is 5.54 Å². The van der Waals surface area contributed by atoms with Gasteiger partial charge in [0.2, 0.25) is 5.91 Å². The van der Waals surface area contributed by atoms with Crippen LogP contribution in [-0.2, 0) is 4.79 Å². The molecular formula is C18H29N3O2. The summed E-state index contributed by atoms with van der Waals surface area (Å²) in [7, 11) is 0. The molecule has 1 amide bonds. The normalized spacial score (nSPS) is 19.5. The van der Waals surface area contributed by atoms with Gasteiger partial charge in [-0.3, -0.25) is 4.79 Å². The van der Waals surface area contributed by atoms with Gasteiger partial charge in [0.05, 0.1) is 11.6 Å². The minimum absolute atomic E-state index is 0.0263. The first-order valence-corrected chi connectivity index (χ1v) is 8.46. The highest BCUT2D eigenvalue weighted by Gasteiger charge is 2.38. The molecule has 1 aliphatic rings. The van der Waals surface area contributed by atoms with E-state index in [-0.39, 0.29) is 18.6 Å². The molecule has 4 N–H and O–H groups in total. The Morgan fingerprint density at radius 3 is 2.43 bits per heavy atom. The van der Waals surface area contributed by atoms with Crippen molar-refractivity contribution in [2.75, 3.05) is 19.7 Å². The van der Waals surface area contributed by atoms with Crippen LogP contribution >= 0.6 is 0 Å². The van der Waals surface area contributed by atoms with E-state index in [4.69, 9.17) is 5.73 Å². The number of benzene rings is 1. The first kappa shape index (κ1) is 17.9. The third-order valence-electron chi connectivity index (χ3n) is 4.80. The summed E-state index contributed by atoms with van der Waals surface area (Å²) in [5.41, 5.74) is 6.57. The summed E-state index contributed by atoms with van der Waals surface area (Å²) < 4.78 is 0. The number of likely N-dealkylation sites (tertiary alicyclic amines) is 1. The van der Waals surface area contributed by atoms with E-state index in [1.807, 2.05) is 30.3 Å².